The van der Waals surface area contributed by atoms with Crippen LogP contribution in [0, 0.1) is 46.3 Å². The van der Waals surface area contributed by atoms with Crippen LogP contribution in [0.15, 0.2) is 0 Å². The summed E-state index contributed by atoms with van der Waals surface area (Å²) in [4.78, 5) is 11.6. The van der Waals surface area contributed by atoms with Gasteiger partial charge in [-0.2, -0.15) is 0 Å². The monoisotopic (exact) mass is 524 g/mol. The van der Waals surface area contributed by atoms with Gasteiger partial charge >= 0.3 is 5.97 Å². The Morgan fingerprint density at radius 3 is 2.45 bits per heavy atom. The Morgan fingerprint density at radius 1 is 1.06 bits per heavy atom. The lowest BCUT2D eigenvalue weighted by Gasteiger charge is -2.65. The molecule has 0 aromatic carbocycles. The summed E-state index contributed by atoms with van der Waals surface area (Å²) in [7, 11) is 0. The Labute approximate surface area is 211 Å². The number of rotatable bonds is 6. The third-order valence-electron chi connectivity index (χ3n) is 11.3. The van der Waals surface area contributed by atoms with Crippen LogP contribution >= 0.6 is 15.9 Å². The van der Waals surface area contributed by atoms with Gasteiger partial charge in [-0.25, -0.2) is 0 Å². The Hall–Kier alpha value is -0.0900. The molecule has 0 heterocycles. The van der Waals surface area contributed by atoms with Gasteiger partial charge in [0, 0.05) is 13.3 Å². The van der Waals surface area contributed by atoms with Crippen molar-refractivity contribution in [1.29, 1.82) is 0 Å². The van der Waals surface area contributed by atoms with E-state index in [1.54, 1.807) is 0 Å². The van der Waals surface area contributed by atoms with Gasteiger partial charge in [0.2, 0.25) is 0 Å². The zero-order valence-electron chi connectivity index (χ0n) is 22.0. The Kier molecular flexibility index (Phi) is 7.41. The number of carbonyl (C=O) groups excluding carboxylic acids is 1. The molecule has 0 aliphatic heterocycles. The fraction of sp³-hybridized carbons (Fsp3) is 0.966. The molecule has 1 N–H and O–H groups in total. The molecule has 0 spiro atoms. The van der Waals surface area contributed by atoms with Crippen molar-refractivity contribution in [2.24, 2.45) is 46.3 Å². The van der Waals surface area contributed by atoms with Crippen LogP contribution in [0.3, 0.4) is 0 Å². The summed E-state index contributed by atoms with van der Waals surface area (Å²) in [6.07, 6.45) is 12.6. The van der Waals surface area contributed by atoms with E-state index in [1.807, 2.05) is 0 Å². The van der Waals surface area contributed by atoms with Crippen molar-refractivity contribution < 1.29 is 14.6 Å². The fourth-order valence-corrected chi connectivity index (χ4v) is 10.6. The van der Waals surface area contributed by atoms with Crippen LogP contribution in [0.4, 0.5) is 0 Å². The summed E-state index contributed by atoms with van der Waals surface area (Å²) >= 11 is 4.11. The van der Waals surface area contributed by atoms with Crippen molar-refractivity contribution in [3.63, 3.8) is 0 Å². The van der Waals surface area contributed by atoms with Gasteiger partial charge in [-0.3, -0.25) is 4.79 Å². The highest BCUT2D eigenvalue weighted by Crippen LogP contribution is 2.70. The number of hydrogen-bond donors (Lipinski definition) is 1. The van der Waals surface area contributed by atoms with E-state index < -0.39 is 0 Å². The Balaban J connectivity index is 1.51. The highest BCUT2D eigenvalue weighted by molar-refractivity contribution is 9.10. The van der Waals surface area contributed by atoms with E-state index in [2.05, 4.69) is 50.5 Å². The Bertz CT molecular complexity index is 724. The summed E-state index contributed by atoms with van der Waals surface area (Å²) in [6, 6.07) is 0. The highest BCUT2D eigenvalue weighted by Gasteiger charge is 2.67. The minimum absolute atomic E-state index is 0.0638. The second kappa shape index (κ2) is 9.41. The normalized spacial score (nSPS) is 48.0. The van der Waals surface area contributed by atoms with Crippen LogP contribution in [0.2, 0.25) is 0 Å². The van der Waals surface area contributed by atoms with E-state index in [0.717, 1.165) is 49.4 Å². The van der Waals surface area contributed by atoms with Gasteiger partial charge in [0.05, 0.1) is 10.4 Å². The molecule has 0 bridgehead atoms. The molecular formula is C29H49BrO3. The van der Waals surface area contributed by atoms with Gasteiger partial charge in [-0.05, 0) is 91.3 Å². The molecule has 10 unspecified atom stereocenters. The SMILES string of the molecule is CC(=O)OC1CCC2(C)C3CCC4(C)C(C(C)CCCC(C)C)CCC4C3CC(O)C2(Br)C1. The van der Waals surface area contributed by atoms with Crippen LogP contribution in [0.1, 0.15) is 112 Å². The lowest BCUT2D eigenvalue weighted by molar-refractivity contribution is -0.170. The van der Waals surface area contributed by atoms with Gasteiger partial charge in [0.1, 0.15) is 6.10 Å². The lowest BCUT2D eigenvalue weighted by atomic mass is 9.43. The third kappa shape index (κ3) is 4.36. The average molecular weight is 526 g/mol. The molecule has 0 radical (unpaired) electrons. The number of halogens is 1. The third-order valence-corrected chi connectivity index (χ3v) is 13.0. The lowest BCUT2D eigenvalue weighted by Crippen LogP contribution is -2.66. The zero-order valence-corrected chi connectivity index (χ0v) is 23.6. The van der Waals surface area contributed by atoms with Crippen molar-refractivity contribution in [2.45, 2.75) is 129 Å². The maximum absolute atomic E-state index is 11.6. The largest absolute Gasteiger partial charge is 0.463 e. The van der Waals surface area contributed by atoms with E-state index in [9.17, 15) is 9.90 Å². The number of esters is 1. The summed E-state index contributed by atoms with van der Waals surface area (Å²) in [5, 5.41) is 11.6. The first-order valence-corrected chi connectivity index (χ1v) is 14.8. The molecular weight excluding hydrogens is 476 g/mol. The van der Waals surface area contributed by atoms with E-state index >= 15 is 0 Å². The molecule has 4 rings (SSSR count). The van der Waals surface area contributed by atoms with Gasteiger partial charge in [0.25, 0.3) is 0 Å². The molecule has 0 amide bonds. The number of ether oxygens (including phenoxy) is 1. The highest BCUT2D eigenvalue weighted by atomic mass is 79.9. The quantitative estimate of drug-likeness (QED) is 0.288. The number of aliphatic hydroxyl groups excluding tert-OH is 1. The maximum atomic E-state index is 11.6. The van der Waals surface area contributed by atoms with Crippen LogP contribution in [0.5, 0.6) is 0 Å². The predicted molar refractivity (Wildman–Crippen MR) is 138 cm³/mol. The predicted octanol–water partition coefficient (Wildman–Crippen LogP) is 7.53. The topological polar surface area (TPSA) is 46.5 Å². The summed E-state index contributed by atoms with van der Waals surface area (Å²) in [5.41, 5.74) is 0.504. The van der Waals surface area contributed by atoms with E-state index in [1.165, 1.54) is 51.9 Å². The number of carbonyl (C=O) groups is 1. The molecule has 4 aliphatic rings. The van der Waals surface area contributed by atoms with Gasteiger partial charge < -0.3 is 9.84 Å². The van der Waals surface area contributed by atoms with E-state index in [0.29, 0.717) is 17.3 Å². The molecule has 4 aliphatic carbocycles. The number of aliphatic hydroxyl groups is 1. The molecule has 190 valence electrons. The first-order chi connectivity index (χ1) is 15.4. The van der Waals surface area contributed by atoms with Crippen molar-refractivity contribution >= 4 is 21.9 Å². The molecule has 4 saturated carbocycles. The first-order valence-electron chi connectivity index (χ1n) is 14.0. The van der Waals surface area contributed by atoms with Crippen molar-refractivity contribution in [3.05, 3.63) is 0 Å². The summed E-state index contributed by atoms with van der Waals surface area (Å²) < 4.78 is 5.29. The van der Waals surface area contributed by atoms with Gasteiger partial charge in [0.15, 0.2) is 0 Å². The fourth-order valence-electron chi connectivity index (χ4n) is 9.56. The zero-order chi connectivity index (χ0) is 24.2. The summed E-state index contributed by atoms with van der Waals surface area (Å²) in [5.74, 6) is 4.31. The molecule has 4 fully saturated rings. The minimum Gasteiger partial charge on any atom is -0.463 e. The molecule has 4 heteroatoms. The molecule has 10 atom stereocenters. The van der Waals surface area contributed by atoms with Gasteiger partial charge in [-0.15, -0.1) is 0 Å². The molecule has 3 nitrogen and oxygen atoms in total. The van der Waals surface area contributed by atoms with Gasteiger partial charge in [-0.1, -0.05) is 69.8 Å². The molecule has 33 heavy (non-hydrogen) atoms. The number of hydrogen-bond acceptors (Lipinski definition) is 3. The number of fused-ring (bicyclic) bond motifs is 5. The van der Waals surface area contributed by atoms with Crippen molar-refractivity contribution in [1.82, 2.24) is 0 Å². The smallest absolute Gasteiger partial charge is 0.302 e. The maximum Gasteiger partial charge on any atom is 0.302 e. The van der Waals surface area contributed by atoms with Crippen LogP contribution in [-0.4, -0.2) is 27.6 Å². The molecule has 0 aromatic rings. The van der Waals surface area contributed by atoms with E-state index in [4.69, 9.17) is 4.74 Å². The van der Waals surface area contributed by atoms with Crippen LogP contribution in [0.25, 0.3) is 0 Å². The van der Waals surface area contributed by atoms with E-state index in [-0.39, 0.29) is 27.9 Å². The minimum atomic E-state index is -0.369. The average Bonchev–Trinajstić information content (AvgIpc) is 3.07. The first kappa shape index (κ1) is 26.0. The standard InChI is InChI=1S/C29H49BrO3/c1-18(2)8-7-9-19(3)23-10-11-24-22-16-26(32)29(30)17-21(33-20(4)31)12-15-28(29,6)25(22)13-14-27(23,24)5/h18-19,21-26,32H,7-17H2,1-6H3. The van der Waals surface area contributed by atoms with Crippen molar-refractivity contribution in [3.8, 4) is 0 Å². The second-order valence-corrected chi connectivity index (χ2v) is 14.8. The van der Waals surface area contributed by atoms with Crippen LogP contribution < -0.4 is 0 Å². The summed E-state index contributed by atoms with van der Waals surface area (Å²) in [6.45, 7) is 13.8. The Morgan fingerprint density at radius 2 is 1.79 bits per heavy atom. The second-order valence-electron chi connectivity index (χ2n) is 13.4. The number of alkyl halides is 1. The molecule has 0 saturated heterocycles. The van der Waals surface area contributed by atoms with Crippen molar-refractivity contribution in [2.75, 3.05) is 0 Å². The molecule has 0 aromatic heterocycles. The van der Waals surface area contributed by atoms with Crippen LogP contribution in [-0.2, 0) is 9.53 Å².